The molecule has 0 spiro atoms. The molecule has 2 aromatic rings. The lowest BCUT2D eigenvalue weighted by Crippen LogP contribution is -2.13. The first kappa shape index (κ1) is 12.8. The van der Waals surface area contributed by atoms with Crippen molar-refractivity contribution in [2.75, 3.05) is 0 Å². The first-order valence-corrected chi connectivity index (χ1v) is 6.25. The van der Waals surface area contributed by atoms with Crippen molar-refractivity contribution in [3.63, 3.8) is 0 Å². The molecule has 1 N–H and O–H groups in total. The molecule has 0 unspecified atom stereocenters. The van der Waals surface area contributed by atoms with Gasteiger partial charge in [0, 0.05) is 25.4 Å². The SMILES string of the molecule is CCc1nn(C)cc1CNCc1nc(C)c(C)o1. The minimum absolute atomic E-state index is 0.646. The summed E-state index contributed by atoms with van der Waals surface area (Å²) in [6, 6.07) is 0. The van der Waals surface area contributed by atoms with Gasteiger partial charge in [0.15, 0.2) is 0 Å². The number of oxazole rings is 1. The molecular weight excluding hydrogens is 228 g/mol. The average molecular weight is 248 g/mol. The van der Waals surface area contributed by atoms with E-state index in [1.807, 2.05) is 25.6 Å². The summed E-state index contributed by atoms with van der Waals surface area (Å²) in [5.41, 5.74) is 3.34. The van der Waals surface area contributed by atoms with Crippen molar-refractivity contribution in [1.29, 1.82) is 0 Å². The van der Waals surface area contributed by atoms with Crippen LogP contribution in [0.15, 0.2) is 10.6 Å². The molecule has 2 aromatic heterocycles. The number of rotatable bonds is 5. The molecule has 0 bridgehead atoms. The number of nitrogens with zero attached hydrogens (tertiary/aromatic N) is 3. The molecule has 98 valence electrons. The molecule has 18 heavy (non-hydrogen) atoms. The van der Waals surface area contributed by atoms with E-state index in [1.165, 1.54) is 5.56 Å². The highest BCUT2D eigenvalue weighted by Gasteiger charge is 2.07. The van der Waals surface area contributed by atoms with Gasteiger partial charge in [-0.3, -0.25) is 4.68 Å². The normalized spacial score (nSPS) is 11.1. The molecule has 0 saturated carbocycles. The number of hydrogen-bond acceptors (Lipinski definition) is 4. The zero-order valence-corrected chi connectivity index (χ0v) is 11.4. The minimum Gasteiger partial charge on any atom is -0.444 e. The molecule has 0 aliphatic rings. The zero-order valence-electron chi connectivity index (χ0n) is 11.4. The average Bonchev–Trinajstić information content (AvgIpc) is 2.83. The van der Waals surface area contributed by atoms with Crippen LogP contribution < -0.4 is 5.32 Å². The third-order valence-electron chi connectivity index (χ3n) is 2.99. The highest BCUT2D eigenvalue weighted by atomic mass is 16.4. The zero-order chi connectivity index (χ0) is 13.1. The van der Waals surface area contributed by atoms with Gasteiger partial charge in [-0.1, -0.05) is 6.92 Å². The topological polar surface area (TPSA) is 55.9 Å². The Morgan fingerprint density at radius 2 is 2.11 bits per heavy atom. The Labute approximate surface area is 107 Å². The van der Waals surface area contributed by atoms with Crippen LogP contribution in [0.1, 0.15) is 35.5 Å². The predicted octanol–water partition coefficient (Wildman–Crippen LogP) is 1.88. The fourth-order valence-corrected chi connectivity index (χ4v) is 1.95. The fraction of sp³-hybridized carbons (Fsp3) is 0.538. The Hall–Kier alpha value is -1.62. The summed E-state index contributed by atoms with van der Waals surface area (Å²) in [6.45, 7) is 7.44. The van der Waals surface area contributed by atoms with E-state index in [1.54, 1.807) is 0 Å². The van der Waals surface area contributed by atoms with Gasteiger partial charge >= 0.3 is 0 Å². The van der Waals surface area contributed by atoms with Gasteiger partial charge in [-0.15, -0.1) is 0 Å². The van der Waals surface area contributed by atoms with Crippen LogP contribution in [0.2, 0.25) is 0 Å². The molecule has 0 aliphatic carbocycles. The van der Waals surface area contributed by atoms with Crippen LogP contribution in [0, 0.1) is 13.8 Å². The highest BCUT2D eigenvalue weighted by molar-refractivity contribution is 5.16. The summed E-state index contributed by atoms with van der Waals surface area (Å²) in [4.78, 5) is 4.34. The van der Waals surface area contributed by atoms with E-state index in [0.29, 0.717) is 6.54 Å². The molecule has 0 amide bonds. The van der Waals surface area contributed by atoms with Crippen molar-refractivity contribution in [1.82, 2.24) is 20.1 Å². The maximum atomic E-state index is 5.52. The van der Waals surface area contributed by atoms with Gasteiger partial charge in [0.25, 0.3) is 0 Å². The lowest BCUT2D eigenvalue weighted by molar-refractivity contribution is 0.448. The van der Waals surface area contributed by atoms with Crippen molar-refractivity contribution in [2.24, 2.45) is 7.05 Å². The van der Waals surface area contributed by atoms with E-state index in [-0.39, 0.29) is 0 Å². The summed E-state index contributed by atoms with van der Waals surface area (Å²) < 4.78 is 7.38. The standard InChI is InChI=1S/C13H20N4O/c1-5-12-11(8-17(4)16-12)6-14-7-13-15-9(2)10(3)18-13/h8,14H,5-7H2,1-4H3. The Balaban J connectivity index is 1.91. The molecular formula is C13H20N4O. The number of aryl methyl sites for hydroxylation is 4. The van der Waals surface area contributed by atoms with E-state index < -0.39 is 0 Å². The maximum absolute atomic E-state index is 5.52. The number of nitrogens with one attached hydrogen (secondary N) is 1. The monoisotopic (exact) mass is 248 g/mol. The first-order valence-electron chi connectivity index (χ1n) is 6.25. The molecule has 0 fully saturated rings. The molecule has 2 rings (SSSR count). The minimum atomic E-state index is 0.646. The largest absolute Gasteiger partial charge is 0.444 e. The van der Waals surface area contributed by atoms with Gasteiger partial charge in [0.1, 0.15) is 5.76 Å². The second kappa shape index (κ2) is 5.35. The molecule has 0 atom stereocenters. The van der Waals surface area contributed by atoms with Crippen molar-refractivity contribution >= 4 is 0 Å². The van der Waals surface area contributed by atoms with E-state index in [9.17, 15) is 0 Å². The van der Waals surface area contributed by atoms with Gasteiger partial charge < -0.3 is 9.73 Å². The predicted molar refractivity (Wildman–Crippen MR) is 69.1 cm³/mol. The van der Waals surface area contributed by atoms with Crippen LogP contribution in [0.5, 0.6) is 0 Å². The van der Waals surface area contributed by atoms with Crippen LogP contribution in [0.3, 0.4) is 0 Å². The van der Waals surface area contributed by atoms with Crippen molar-refractivity contribution < 1.29 is 4.42 Å². The molecule has 5 nitrogen and oxygen atoms in total. The molecule has 5 heteroatoms. The van der Waals surface area contributed by atoms with Gasteiger partial charge in [0.05, 0.1) is 17.9 Å². The smallest absolute Gasteiger partial charge is 0.208 e. The first-order chi connectivity index (χ1) is 8.60. The van der Waals surface area contributed by atoms with Gasteiger partial charge in [0.2, 0.25) is 5.89 Å². The highest BCUT2D eigenvalue weighted by Crippen LogP contribution is 2.09. The van der Waals surface area contributed by atoms with Crippen molar-refractivity contribution in [3.05, 3.63) is 34.8 Å². The Morgan fingerprint density at radius 3 is 2.72 bits per heavy atom. The van der Waals surface area contributed by atoms with Gasteiger partial charge in [-0.05, 0) is 20.3 Å². The lowest BCUT2D eigenvalue weighted by atomic mass is 10.2. The third-order valence-corrected chi connectivity index (χ3v) is 2.99. The van der Waals surface area contributed by atoms with E-state index >= 15 is 0 Å². The Kier molecular flexibility index (Phi) is 3.81. The molecule has 2 heterocycles. The third kappa shape index (κ3) is 2.79. The Morgan fingerprint density at radius 1 is 1.33 bits per heavy atom. The second-order valence-corrected chi connectivity index (χ2v) is 4.48. The molecule has 0 aromatic carbocycles. The summed E-state index contributed by atoms with van der Waals surface area (Å²) in [5.74, 6) is 1.63. The number of hydrogen-bond donors (Lipinski definition) is 1. The molecule has 0 radical (unpaired) electrons. The van der Waals surface area contributed by atoms with E-state index in [2.05, 4.69) is 28.5 Å². The summed E-state index contributed by atoms with van der Waals surface area (Å²) >= 11 is 0. The van der Waals surface area contributed by atoms with Crippen LogP contribution in [-0.2, 0) is 26.6 Å². The number of aromatic nitrogens is 3. The Bertz CT molecular complexity index is 508. The van der Waals surface area contributed by atoms with Crippen LogP contribution in [0.25, 0.3) is 0 Å². The lowest BCUT2D eigenvalue weighted by Gasteiger charge is -2.01. The van der Waals surface area contributed by atoms with Gasteiger partial charge in [-0.2, -0.15) is 5.10 Å². The van der Waals surface area contributed by atoms with Crippen LogP contribution >= 0.6 is 0 Å². The quantitative estimate of drug-likeness (QED) is 0.877. The van der Waals surface area contributed by atoms with Gasteiger partial charge in [-0.25, -0.2) is 4.98 Å². The van der Waals surface area contributed by atoms with E-state index in [4.69, 9.17) is 4.42 Å². The summed E-state index contributed by atoms with van der Waals surface area (Å²) in [7, 11) is 1.95. The maximum Gasteiger partial charge on any atom is 0.208 e. The summed E-state index contributed by atoms with van der Waals surface area (Å²) in [6.07, 6.45) is 3.01. The van der Waals surface area contributed by atoms with Crippen LogP contribution in [0.4, 0.5) is 0 Å². The van der Waals surface area contributed by atoms with Crippen LogP contribution in [-0.4, -0.2) is 14.8 Å². The summed E-state index contributed by atoms with van der Waals surface area (Å²) in [5, 5.41) is 7.75. The second-order valence-electron chi connectivity index (χ2n) is 4.48. The van der Waals surface area contributed by atoms with Crippen molar-refractivity contribution in [3.8, 4) is 0 Å². The molecule has 0 aliphatic heterocycles. The van der Waals surface area contributed by atoms with E-state index in [0.717, 1.165) is 36.0 Å². The fourth-order valence-electron chi connectivity index (χ4n) is 1.95. The molecule has 0 saturated heterocycles. The van der Waals surface area contributed by atoms with Crippen molar-refractivity contribution in [2.45, 2.75) is 40.3 Å².